The van der Waals surface area contributed by atoms with Crippen LogP contribution in [0.25, 0.3) is 0 Å². The van der Waals surface area contributed by atoms with E-state index < -0.39 is 6.10 Å². The largest absolute Gasteiger partial charge is 0.479 e. The third-order valence-electron chi connectivity index (χ3n) is 4.88. The van der Waals surface area contributed by atoms with E-state index in [1.54, 1.807) is 12.1 Å². The molecule has 0 saturated heterocycles. The highest BCUT2D eigenvalue weighted by molar-refractivity contribution is 6.32. The standard InChI is InChI=1S/C22H27ClN2O2/c1-2-20(27-21-13-6-4-11-18(21)23)22(26)24-14-8-16-25-15-7-10-17-9-3-5-12-19(17)25/h3-6,9,11-13,20H,2,7-8,10,14-16H2,1H3,(H,24,26)/t20-/m0/s1. The van der Waals surface area contributed by atoms with Gasteiger partial charge in [-0.15, -0.1) is 0 Å². The maximum absolute atomic E-state index is 12.4. The van der Waals surface area contributed by atoms with Gasteiger partial charge in [0.05, 0.1) is 5.02 Å². The average Bonchev–Trinajstić information content (AvgIpc) is 2.70. The molecule has 1 aliphatic heterocycles. The lowest BCUT2D eigenvalue weighted by atomic mass is 10.0. The second kappa shape index (κ2) is 9.65. The van der Waals surface area contributed by atoms with Crippen molar-refractivity contribution in [3.05, 3.63) is 59.1 Å². The number of halogens is 1. The number of para-hydroxylation sites is 2. The molecule has 1 heterocycles. The normalized spacial score (nSPS) is 14.4. The summed E-state index contributed by atoms with van der Waals surface area (Å²) in [6.07, 6.45) is 3.31. The number of carbonyl (C=O) groups is 1. The zero-order chi connectivity index (χ0) is 19.1. The van der Waals surface area contributed by atoms with E-state index >= 15 is 0 Å². The van der Waals surface area contributed by atoms with E-state index in [2.05, 4.69) is 34.5 Å². The molecule has 0 saturated carbocycles. The molecular formula is C22H27ClN2O2. The number of anilines is 1. The Hall–Kier alpha value is -2.20. The molecule has 2 aromatic carbocycles. The number of carbonyl (C=O) groups excluding carboxylic acids is 1. The van der Waals surface area contributed by atoms with Gasteiger partial charge in [-0.2, -0.15) is 0 Å². The average molecular weight is 387 g/mol. The fraction of sp³-hybridized carbons (Fsp3) is 0.409. The summed E-state index contributed by atoms with van der Waals surface area (Å²) in [5.41, 5.74) is 2.76. The molecule has 0 fully saturated rings. The Morgan fingerprint density at radius 3 is 2.81 bits per heavy atom. The monoisotopic (exact) mass is 386 g/mol. The molecule has 2 aromatic rings. The molecule has 0 unspecified atom stereocenters. The Morgan fingerprint density at radius 2 is 2.00 bits per heavy atom. The number of nitrogens with zero attached hydrogens (tertiary/aromatic N) is 1. The number of nitrogens with one attached hydrogen (secondary N) is 1. The summed E-state index contributed by atoms with van der Waals surface area (Å²) in [4.78, 5) is 14.9. The predicted octanol–water partition coefficient (Wildman–Crippen LogP) is 4.46. The Kier molecular flexibility index (Phi) is 6.99. The quantitative estimate of drug-likeness (QED) is 0.681. The van der Waals surface area contributed by atoms with Gasteiger partial charge in [0.2, 0.25) is 0 Å². The number of rotatable bonds is 8. The number of ether oxygens (including phenoxy) is 1. The number of fused-ring (bicyclic) bond motifs is 1. The lowest BCUT2D eigenvalue weighted by molar-refractivity contribution is -0.128. The first-order chi connectivity index (χ1) is 13.2. The first-order valence-electron chi connectivity index (χ1n) is 9.70. The molecule has 144 valence electrons. The Morgan fingerprint density at radius 1 is 1.22 bits per heavy atom. The lowest BCUT2D eigenvalue weighted by Crippen LogP contribution is -2.39. The summed E-state index contributed by atoms with van der Waals surface area (Å²) < 4.78 is 5.80. The van der Waals surface area contributed by atoms with Crippen molar-refractivity contribution in [1.29, 1.82) is 0 Å². The van der Waals surface area contributed by atoms with Gasteiger partial charge in [-0.25, -0.2) is 0 Å². The Balaban J connectivity index is 1.46. The molecule has 4 nitrogen and oxygen atoms in total. The fourth-order valence-corrected chi connectivity index (χ4v) is 3.64. The van der Waals surface area contributed by atoms with E-state index in [0.29, 0.717) is 23.7 Å². The van der Waals surface area contributed by atoms with Gasteiger partial charge in [0, 0.05) is 25.3 Å². The zero-order valence-electron chi connectivity index (χ0n) is 15.8. The minimum absolute atomic E-state index is 0.0866. The minimum Gasteiger partial charge on any atom is -0.479 e. The van der Waals surface area contributed by atoms with E-state index in [1.165, 1.54) is 17.7 Å². The summed E-state index contributed by atoms with van der Waals surface area (Å²) in [5, 5.41) is 3.52. The molecule has 0 aliphatic carbocycles. The SMILES string of the molecule is CC[C@H](Oc1ccccc1Cl)C(=O)NCCCN1CCCc2ccccc21. The molecule has 0 bridgehead atoms. The van der Waals surface area contributed by atoms with Gasteiger partial charge in [-0.05, 0) is 49.4 Å². The summed E-state index contributed by atoms with van der Waals surface area (Å²) >= 11 is 6.12. The van der Waals surface area contributed by atoms with Gasteiger partial charge >= 0.3 is 0 Å². The molecular weight excluding hydrogens is 360 g/mol. The topological polar surface area (TPSA) is 41.6 Å². The number of amides is 1. The molecule has 1 amide bonds. The maximum atomic E-state index is 12.4. The van der Waals surface area contributed by atoms with Crippen LogP contribution in [-0.2, 0) is 11.2 Å². The first kappa shape index (κ1) is 19.6. The van der Waals surface area contributed by atoms with Gasteiger partial charge < -0.3 is 15.0 Å². The summed E-state index contributed by atoms with van der Waals surface area (Å²) in [6.45, 7) is 4.60. The van der Waals surface area contributed by atoms with Crippen molar-refractivity contribution in [1.82, 2.24) is 5.32 Å². The highest BCUT2D eigenvalue weighted by atomic mass is 35.5. The van der Waals surface area contributed by atoms with Crippen LogP contribution in [0.2, 0.25) is 5.02 Å². The van der Waals surface area contributed by atoms with E-state index in [4.69, 9.17) is 16.3 Å². The van der Waals surface area contributed by atoms with E-state index in [9.17, 15) is 4.79 Å². The van der Waals surface area contributed by atoms with Crippen LogP contribution >= 0.6 is 11.6 Å². The van der Waals surface area contributed by atoms with Crippen molar-refractivity contribution in [2.24, 2.45) is 0 Å². The second-order valence-corrected chi connectivity index (χ2v) is 7.22. The summed E-state index contributed by atoms with van der Waals surface area (Å²) in [6, 6.07) is 15.8. The van der Waals surface area contributed by atoms with Crippen LogP contribution in [0, 0.1) is 0 Å². The van der Waals surface area contributed by atoms with Crippen LogP contribution in [-0.4, -0.2) is 31.6 Å². The maximum Gasteiger partial charge on any atom is 0.261 e. The molecule has 0 spiro atoms. The predicted molar refractivity (Wildman–Crippen MR) is 111 cm³/mol. The van der Waals surface area contributed by atoms with Crippen molar-refractivity contribution in [2.75, 3.05) is 24.5 Å². The Labute approximate surface area is 166 Å². The van der Waals surface area contributed by atoms with Gasteiger partial charge in [-0.3, -0.25) is 4.79 Å². The van der Waals surface area contributed by atoms with Crippen molar-refractivity contribution < 1.29 is 9.53 Å². The summed E-state index contributed by atoms with van der Waals surface area (Å²) in [5.74, 6) is 0.461. The van der Waals surface area contributed by atoms with Crippen LogP contribution in [0.4, 0.5) is 5.69 Å². The summed E-state index contributed by atoms with van der Waals surface area (Å²) in [7, 11) is 0. The molecule has 1 atom stereocenters. The van der Waals surface area contributed by atoms with Crippen molar-refractivity contribution in [2.45, 2.75) is 38.7 Å². The van der Waals surface area contributed by atoms with Crippen molar-refractivity contribution >= 4 is 23.2 Å². The van der Waals surface area contributed by atoms with Gasteiger partial charge in [0.1, 0.15) is 5.75 Å². The van der Waals surface area contributed by atoms with Gasteiger partial charge in [0.15, 0.2) is 6.10 Å². The molecule has 5 heteroatoms. The first-order valence-corrected chi connectivity index (χ1v) is 10.1. The van der Waals surface area contributed by atoms with Crippen LogP contribution in [0.3, 0.4) is 0 Å². The number of hydrogen-bond acceptors (Lipinski definition) is 3. The minimum atomic E-state index is -0.527. The number of aryl methyl sites for hydroxylation is 1. The molecule has 1 aliphatic rings. The number of hydrogen-bond donors (Lipinski definition) is 1. The molecule has 3 rings (SSSR count). The lowest BCUT2D eigenvalue weighted by Gasteiger charge is -2.31. The van der Waals surface area contributed by atoms with Crippen molar-refractivity contribution in [3.63, 3.8) is 0 Å². The smallest absolute Gasteiger partial charge is 0.261 e. The zero-order valence-corrected chi connectivity index (χ0v) is 16.5. The van der Waals surface area contributed by atoms with E-state index in [1.807, 2.05) is 19.1 Å². The Bertz CT molecular complexity index is 765. The van der Waals surface area contributed by atoms with Crippen LogP contribution in [0.1, 0.15) is 31.7 Å². The third kappa shape index (κ3) is 5.16. The third-order valence-corrected chi connectivity index (χ3v) is 5.19. The molecule has 27 heavy (non-hydrogen) atoms. The molecule has 0 radical (unpaired) electrons. The van der Waals surface area contributed by atoms with Gasteiger partial charge in [0.25, 0.3) is 5.91 Å². The highest BCUT2D eigenvalue weighted by Crippen LogP contribution is 2.27. The van der Waals surface area contributed by atoms with Crippen molar-refractivity contribution in [3.8, 4) is 5.75 Å². The van der Waals surface area contributed by atoms with Crippen LogP contribution in [0.15, 0.2) is 48.5 Å². The highest BCUT2D eigenvalue weighted by Gasteiger charge is 2.19. The van der Waals surface area contributed by atoms with Gasteiger partial charge in [-0.1, -0.05) is 48.9 Å². The van der Waals surface area contributed by atoms with E-state index in [0.717, 1.165) is 25.9 Å². The second-order valence-electron chi connectivity index (χ2n) is 6.81. The number of benzene rings is 2. The molecule has 0 aromatic heterocycles. The molecule has 1 N–H and O–H groups in total. The van der Waals surface area contributed by atoms with Crippen LogP contribution < -0.4 is 15.0 Å². The van der Waals surface area contributed by atoms with E-state index in [-0.39, 0.29) is 5.91 Å². The van der Waals surface area contributed by atoms with Crippen LogP contribution in [0.5, 0.6) is 5.75 Å². The fourth-order valence-electron chi connectivity index (χ4n) is 3.45.